The Morgan fingerprint density at radius 3 is 2.65 bits per heavy atom. The zero-order valence-corrected chi connectivity index (χ0v) is 11.0. The summed E-state index contributed by atoms with van der Waals surface area (Å²) in [5, 5.41) is 16.4. The summed E-state index contributed by atoms with van der Waals surface area (Å²) in [6.45, 7) is 0.411. The minimum Gasteiger partial charge on any atom is -0.388 e. The minimum absolute atomic E-state index is 0.0349. The monoisotopic (exact) mass is 258 g/mol. The van der Waals surface area contributed by atoms with Crippen molar-refractivity contribution in [2.24, 2.45) is 0 Å². The lowest BCUT2D eigenvalue weighted by molar-refractivity contribution is -0.123. The first-order chi connectivity index (χ1) is 8.20. The number of carbonyl (C=O) groups is 1. The largest absolute Gasteiger partial charge is 0.388 e. The second-order valence-corrected chi connectivity index (χ2v) is 6.16. The van der Waals surface area contributed by atoms with Crippen LogP contribution in [0.15, 0.2) is 0 Å². The number of hydrogen-bond donors (Lipinski definition) is 3. The van der Waals surface area contributed by atoms with Gasteiger partial charge in [0, 0.05) is 18.2 Å². The highest BCUT2D eigenvalue weighted by atomic mass is 32.2. The van der Waals surface area contributed by atoms with Gasteiger partial charge in [-0.3, -0.25) is 10.1 Å². The van der Waals surface area contributed by atoms with Crippen molar-refractivity contribution in [1.82, 2.24) is 10.6 Å². The molecule has 0 radical (unpaired) electrons. The van der Waals surface area contributed by atoms with Crippen molar-refractivity contribution in [2.45, 2.75) is 50.2 Å². The Hall–Kier alpha value is -0.260. The maximum absolute atomic E-state index is 11.8. The van der Waals surface area contributed by atoms with Crippen molar-refractivity contribution in [3.05, 3.63) is 0 Å². The van der Waals surface area contributed by atoms with Crippen molar-refractivity contribution in [1.29, 1.82) is 0 Å². The smallest absolute Gasteiger partial charge is 0.238 e. The lowest BCUT2D eigenvalue weighted by Crippen LogP contribution is -2.48. The highest BCUT2D eigenvalue weighted by molar-refractivity contribution is 7.99. The lowest BCUT2D eigenvalue weighted by Gasteiger charge is -2.27. The molecule has 1 heterocycles. The van der Waals surface area contributed by atoms with Crippen LogP contribution in [0.1, 0.15) is 38.5 Å². The molecule has 1 amide bonds. The molecule has 17 heavy (non-hydrogen) atoms. The maximum atomic E-state index is 11.8. The molecule has 0 aromatic heterocycles. The van der Waals surface area contributed by atoms with Crippen LogP contribution in [0.5, 0.6) is 0 Å². The molecule has 0 aromatic rings. The van der Waals surface area contributed by atoms with Gasteiger partial charge in [0.15, 0.2) is 0 Å². The lowest BCUT2D eigenvalue weighted by atomic mass is 9.94. The van der Waals surface area contributed by atoms with Crippen LogP contribution in [0.3, 0.4) is 0 Å². The van der Waals surface area contributed by atoms with Gasteiger partial charge in [-0.15, -0.1) is 11.8 Å². The molecule has 2 aliphatic rings. The summed E-state index contributed by atoms with van der Waals surface area (Å²) in [4.78, 5) is 11.8. The summed E-state index contributed by atoms with van der Waals surface area (Å²) in [6.07, 6.45) is 6.20. The fourth-order valence-electron chi connectivity index (χ4n) is 2.50. The van der Waals surface area contributed by atoms with E-state index in [0.717, 1.165) is 37.3 Å². The fraction of sp³-hybridized carbons (Fsp3) is 0.917. The normalized spacial score (nSPS) is 28.6. The highest BCUT2D eigenvalue weighted by Gasteiger charge is 2.30. The van der Waals surface area contributed by atoms with E-state index in [1.54, 1.807) is 11.8 Å². The molecule has 1 aliphatic heterocycles. The van der Waals surface area contributed by atoms with E-state index < -0.39 is 5.60 Å². The summed E-state index contributed by atoms with van der Waals surface area (Å²) in [5.41, 5.74) is -0.669. The Bertz CT molecular complexity index is 259. The third-order valence-corrected chi connectivity index (χ3v) is 4.60. The van der Waals surface area contributed by atoms with Crippen molar-refractivity contribution in [2.75, 3.05) is 18.2 Å². The second kappa shape index (κ2) is 6.07. The number of thioether (sulfide) groups is 1. The van der Waals surface area contributed by atoms with Gasteiger partial charge in [0.05, 0.1) is 11.6 Å². The van der Waals surface area contributed by atoms with E-state index in [4.69, 9.17) is 0 Å². The molecule has 1 aliphatic carbocycles. The van der Waals surface area contributed by atoms with Crippen molar-refractivity contribution < 1.29 is 9.90 Å². The zero-order chi connectivity index (χ0) is 12.1. The summed E-state index contributed by atoms with van der Waals surface area (Å²) < 4.78 is 0. The Labute approximate surface area is 107 Å². The highest BCUT2D eigenvalue weighted by Crippen LogP contribution is 2.26. The molecule has 1 unspecified atom stereocenters. The molecule has 2 fully saturated rings. The van der Waals surface area contributed by atoms with Crippen LogP contribution in [-0.2, 0) is 4.79 Å². The molecule has 1 saturated carbocycles. The predicted molar refractivity (Wildman–Crippen MR) is 69.9 cm³/mol. The molecule has 1 atom stereocenters. The summed E-state index contributed by atoms with van der Waals surface area (Å²) in [7, 11) is 0. The van der Waals surface area contributed by atoms with Gasteiger partial charge in [-0.1, -0.05) is 25.7 Å². The van der Waals surface area contributed by atoms with Crippen molar-refractivity contribution >= 4 is 17.7 Å². The van der Waals surface area contributed by atoms with Crippen LogP contribution in [-0.4, -0.2) is 40.8 Å². The molecule has 2 rings (SSSR count). The molecular formula is C12H22N2O2S. The van der Waals surface area contributed by atoms with Crippen LogP contribution >= 0.6 is 11.8 Å². The number of rotatable bonds is 3. The second-order valence-electron chi connectivity index (χ2n) is 5.13. The van der Waals surface area contributed by atoms with E-state index in [9.17, 15) is 9.90 Å². The zero-order valence-electron chi connectivity index (χ0n) is 10.2. The van der Waals surface area contributed by atoms with Gasteiger partial charge in [-0.2, -0.15) is 0 Å². The first-order valence-electron chi connectivity index (χ1n) is 6.51. The minimum atomic E-state index is -0.669. The topological polar surface area (TPSA) is 61.4 Å². The average Bonchev–Trinajstić information content (AvgIpc) is 2.77. The third-order valence-electron chi connectivity index (χ3n) is 3.66. The van der Waals surface area contributed by atoms with Crippen LogP contribution < -0.4 is 10.6 Å². The van der Waals surface area contributed by atoms with Gasteiger partial charge in [-0.05, 0) is 12.8 Å². The molecule has 0 spiro atoms. The Kier molecular flexibility index (Phi) is 4.70. The Morgan fingerprint density at radius 1 is 1.35 bits per heavy atom. The third kappa shape index (κ3) is 3.86. The first kappa shape index (κ1) is 13.2. The Balaban J connectivity index is 1.77. The van der Waals surface area contributed by atoms with E-state index in [1.807, 2.05) is 0 Å². The molecule has 1 saturated heterocycles. The van der Waals surface area contributed by atoms with Gasteiger partial charge in [0.1, 0.15) is 0 Å². The van der Waals surface area contributed by atoms with Crippen LogP contribution in [0.25, 0.3) is 0 Å². The number of amides is 1. The van der Waals surface area contributed by atoms with Crippen molar-refractivity contribution in [3.63, 3.8) is 0 Å². The van der Waals surface area contributed by atoms with E-state index in [0.29, 0.717) is 6.54 Å². The van der Waals surface area contributed by atoms with Gasteiger partial charge in [-0.25, -0.2) is 0 Å². The predicted octanol–water partition coefficient (Wildman–Crippen LogP) is 0.850. The van der Waals surface area contributed by atoms with E-state index in [-0.39, 0.29) is 11.9 Å². The molecule has 0 bridgehead atoms. The van der Waals surface area contributed by atoms with Gasteiger partial charge in [0.2, 0.25) is 5.91 Å². The molecule has 98 valence electrons. The summed E-state index contributed by atoms with van der Waals surface area (Å²) in [6, 6.07) is -0.0746. The number of nitrogens with one attached hydrogen (secondary N) is 2. The van der Waals surface area contributed by atoms with E-state index in [1.165, 1.54) is 12.8 Å². The van der Waals surface area contributed by atoms with E-state index in [2.05, 4.69) is 10.6 Å². The average molecular weight is 258 g/mol. The first-order valence-corrected chi connectivity index (χ1v) is 7.66. The quantitative estimate of drug-likeness (QED) is 0.657. The number of carbonyl (C=O) groups excluding carboxylic acids is 1. The van der Waals surface area contributed by atoms with Crippen LogP contribution in [0.2, 0.25) is 0 Å². The van der Waals surface area contributed by atoms with Gasteiger partial charge >= 0.3 is 0 Å². The Morgan fingerprint density at radius 2 is 2.06 bits per heavy atom. The van der Waals surface area contributed by atoms with Crippen molar-refractivity contribution in [3.8, 4) is 0 Å². The van der Waals surface area contributed by atoms with E-state index >= 15 is 0 Å². The number of aliphatic hydroxyl groups is 1. The molecule has 5 heteroatoms. The fourth-order valence-corrected chi connectivity index (χ4v) is 3.44. The SMILES string of the molecule is O=C(NCC1(O)CCCCCC1)C1CSCN1. The summed E-state index contributed by atoms with van der Waals surface area (Å²) >= 11 is 1.74. The van der Waals surface area contributed by atoms with Gasteiger partial charge in [0.25, 0.3) is 0 Å². The standard InChI is InChI=1S/C12H22N2O2S/c15-11(10-7-17-9-14-10)13-8-12(16)5-3-1-2-4-6-12/h10,14,16H,1-9H2,(H,13,15). The summed E-state index contributed by atoms with van der Waals surface area (Å²) in [5.74, 6) is 1.72. The molecule has 0 aromatic carbocycles. The van der Waals surface area contributed by atoms with Crippen LogP contribution in [0.4, 0.5) is 0 Å². The molecule has 4 nitrogen and oxygen atoms in total. The van der Waals surface area contributed by atoms with Crippen LogP contribution in [0, 0.1) is 0 Å². The number of hydrogen-bond acceptors (Lipinski definition) is 4. The molecule has 3 N–H and O–H groups in total. The van der Waals surface area contributed by atoms with Gasteiger partial charge < -0.3 is 10.4 Å². The molecular weight excluding hydrogens is 236 g/mol. The maximum Gasteiger partial charge on any atom is 0.238 e.